The number of amides is 8. The van der Waals surface area contributed by atoms with Crippen molar-refractivity contribution in [3.8, 4) is 0 Å². The fourth-order valence-electron chi connectivity index (χ4n) is 9.69. The molecule has 8 amide bonds. The number of rotatable bonds is 34. The Labute approximate surface area is 450 Å². The SMILES string of the molecule is CC(=O)N[C@@H](Cc1cnc[nH]1)C(=O)NC(CCCCN)C(=O)N[C@@H](CC(=O)O)C(=O)N[C@H](CC1CCCCC1)C(=O)N[C@H](CC1CCCCC1)C(=O)N[C@@H](CC(C)C)C(=O)N[C@H](C)C(=O)N[C@@H](CCCN=C(N)N)C(=O)O. The maximum absolute atomic E-state index is 14.7. The topological polar surface area (TPSA) is 426 Å². The summed E-state index contributed by atoms with van der Waals surface area (Å²) < 4.78 is 0. The molecule has 0 aliphatic heterocycles. The molecule has 8 atom stereocenters. The summed E-state index contributed by atoms with van der Waals surface area (Å²) in [6.07, 6.45) is 12.1. The number of nitrogens with zero attached hydrogens (tertiary/aromatic N) is 2. The van der Waals surface area contributed by atoms with E-state index in [1.54, 1.807) is 0 Å². The third-order valence-corrected chi connectivity index (χ3v) is 13.8. The molecule has 2 aliphatic carbocycles. The van der Waals surface area contributed by atoms with Gasteiger partial charge in [0.2, 0.25) is 47.3 Å². The van der Waals surface area contributed by atoms with Crippen molar-refractivity contribution in [3.63, 3.8) is 0 Å². The number of guanidine groups is 1. The van der Waals surface area contributed by atoms with Gasteiger partial charge in [-0.1, -0.05) is 78.1 Å². The predicted molar refractivity (Wildman–Crippen MR) is 284 cm³/mol. The summed E-state index contributed by atoms with van der Waals surface area (Å²) in [6, 6.07) is -10.4. The molecule has 77 heavy (non-hydrogen) atoms. The van der Waals surface area contributed by atoms with Gasteiger partial charge in [-0.05, 0) is 82.6 Å². The van der Waals surface area contributed by atoms with Gasteiger partial charge in [0.15, 0.2) is 5.96 Å². The Balaban J connectivity index is 1.89. The maximum atomic E-state index is 14.7. The van der Waals surface area contributed by atoms with E-state index >= 15 is 0 Å². The Hall–Kier alpha value is -6.86. The summed E-state index contributed by atoms with van der Waals surface area (Å²) >= 11 is 0. The highest BCUT2D eigenvalue weighted by atomic mass is 16.4. The van der Waals surface area contributed by atoms with Gasteiger partial charge in [-0.15, -0.1) is 0 Å². The van der Waals surface area contributed by atoms with Crippen LogP contribution in [0.3, 0.4) is 0 Å². The molecule has 1 aromatic heterocycles. The van der Waals surface area contributed by atoms with Crippen LogP contribution in [0.15, 0.2) is 17.5 Å². The number of H-pyrrole nitrogens is 1. The number of aliphatic carboxylic acids is 2. The van der Waals surface area contributed by atoms with E-state index in [9.17, 15) is 58.2 Å². The molecular formula is C51H86N14O12. The molecular weight excluding hydrogens is 1000 g/mol. The highest BCUT2D eigenvalue weighted by molar-refractivity contribution is 5.98. The molecule has 432 valence electrons. The molecule has 2 aliphatic rings. The zero-order chi connectivity index (χ0) is 57.0. The van der Waals surface area contributed by atoms with Crippen LogP contribution in [0.25, 0.3) is 0 Å². The van der Waals surface area contributed by atoms with Crippen molar-refractivity contribution in [2.24, 2.45) is 39.9 Å². The number of aromatic amines is 1. The van der Waals surface area contributed by atoms with Crippen LogP contribution < -0.4 is 59.7 Å². The fraction of sp³-hybridized carbons (Fsp3) is 0.725. The number of unbranched alkanes of at least 4 members (excludes halogenated alkanes) is 1. The van der Waals surface area contributed by atoms with E-state index in [0.29, 0.717) is 18.5 Å². The molecule has 17 N–H and O–H groups in total. The molecule has 3 rings (SSSR count). The predicted octanol–water partition coefficient (Wildman–Crippen LogP) is -0.401. The molecule has 0 radical (unpaired) electrons. The fourth-order valence-corrected chi connectivity index (χ4v) is 9.69. The van der Waals surface area contributed by atoms with Crippen LogP contribution >= 0.6 is 0 Å². The number of carboxylic acids is 2. The number of carbonyl (C=O) groups excluding carboxylic acids is 8. The normalized spacial score (nSPS) is 17.1. The second-order valence-corrected chi connectivity index (χ2v) is 20.9. The van der Waals surface area contributed by atoms with E-state index in [4.69, 9.17) is 17.2 Å². The first-order chi connectivity index (χ1) is 36.6. The summed E-state index contributed by atoms with van der Waals surface area (Å²) in [6.45, 7) is 6.66. The molecule has 2 fully saturated rings. The van der Waals surface area contributed by atoms with Crippen molar-refractivity contribution in [2.45, 2.75) is 204 Å². The quantitative estimate of drug-likeness (QED) is 0.0237. The lowest BCUT2D eigenvalue weighted by molar-refractivity contribution is -0.142. The molecule has 2 saturated carbocycles. The number of aromatic nitrogens is 2. The van der Waals surface area contributed by atoms with E-state index in [1.807, 2.05) is 13.8 Å². The van der Waals surface area contributed by atoms with Gasteiger partial charge in [-0.2, -0.15) is 0 Å². The number of hydrogen-bond acceptors (Lipinski definition) is 13. The third-order valence-electron chi connectivity index (χ3n) is 13.8. The lowest BCUT2D eigenvalue weighted by atomic mass is 9.83. The van der Waals surface area contributed by atoms with Crippen LogP contribution in [0, 0.1) is 17.8 Å². The standard InChI is InChI=1S/C51H86N14O12/c1-29(2)22-37(45(71)58-30(3)43(69)61-36(50(76)77)19-13-21-56-51(53)54)62-46(72)38(23-32-14-7-5-8-15-32)63-47(73)39(24-33-16-9-6-10-17-33)64-49(75)41(26-42(67)68)65-44(70)35(18-11-12-20-52)60-48(74)40(59-31(4)66)25-34-27-55-28-57-34/h27-30,32-33,35-41H,5-26,52H2,1-4H3,(H,55,57)(H,58,71)(H,59,66)(H,60,74)(H,61,69)(H,62,72)(H,63,73)(H,64,75)(H,65,70)(H,67,68)(H,76,77)(H4,53,54,56)/t30-,35?,36+,37+,38-,39-,40+,41+/m1/s1. The number of carboxylic acid groups (broad SMARTS) is 2. The van der Waals surface area contributed by atoms with Crippen LogP contribution in [0.2, 0.25) is 0 Å². The van der Waals surface area contributed by atoms with Crippen molar-refractivity contribution >= 4 is 65.2 Å². The zero-order valence-electron chi connectivity index (χ0n) is 45.2. The minimum Gasteiger partial charge on any atom is -0.481 e. The Morgan fingerprint density at radius 2 is 1.09 bits per heavy atom. The second kappa shape index (κ2) is 34.0. The highest BCUT2D eigenvalue weighted by Crippen LogP contribution is 2.29. The van der Waals surface area contributed by atoms with Crippen LogP contribution in [0.1, 0.15) is 155 Å². The van der Waals surface area contributed by atoms with E-state index in [0.717, 1.165) is 64.2 Å². The van der Waals surface area contributed by atoms with E-state index in [1.165, 1.54) is 26.4 Å². The van der Waals surface area contributed by atoms with Crippen LogP contribution in [0.5, 0.6) is 0 Å². The Morgan fingerprint density at radius 1 is 0.610 bits per heavy atom. The first-order valence-corrected chi connectivity index (χ1v) is 27.1. The smallest absolute Gasteiger partial charge is 0.326 e. The molecule has 1 heterocycles. The minimum absolute atomic E-state index is 0.00131. The van der Waals surface area contributed by atoms with Gasteiger partial charge < -0.3 is 74.9 Å². The minimum atomic E-state index is -1.74. The number of imidazole rings is 1. The number of nitrogens with one attached hydrogen (secondary N) is 9. The molecule has 1 aromatic rings. The van der Waals surface area contributed by atoms with Crippen LogP contribution in [0.4, 0.5) is 0 Å². The number of carbonyl (C=O) groups is 10. The summed E-state index contributed by atoms with van der Waals surface area (Å²) in [5.41, 5.74) is 16.9. The van der Waals surface area contributed by atoms with Crippen molar-refractivity contribution in [1.29, 1.82) is 0 Å². The van der Waals surface area contributed by atoms with E-state index < -0.39 is 114 Å². The lowest BCUT2D eigenvalue weighted by Crippen LogP contribution is -2.60. The highest BCUT2D eigenvalue weighted by Gasteiger charge is 2.37. The summed E-state index contributed by atoms with van der Waals surface area (Å²) in [4.78, 5) is 145. The van der Waals surface area contributed by atoms with Gasteiger partial charge in [0, 0.05) is 31.8 Å². The summed E-state index contributed by atoms with van der Waals surface area (Å²) in [5.74, 6) is -9.18. The van der Waals surface area contributed by atoms with Gasteiger partial charge in [-0.25, -0.2) is 9.78 Å². The molecule has 0 bridgehead atoms. The molecule has 26 heteroatoms. The van der Waals surface area contributed by atoms with Crippen molar-refractivity contribution < 1.29 is 58.2 Å². The molecule has 26 nitrogen and oxygen atoms in total. The largest absolute Gasteiger partial charge is 0.481 e. The van der Waals surface area contributed by atoms with Crippen LogP contribution in [-0.4, -0.2) is 147 Å². The first kappa shape index (κ1) is 64.4. The molecule has 0 saturated heterocycles. The first-order valence-electron chi connectivity index (χ1n) is 27.1. The number of nitrogens with two attached hydrogens (primary N) is 3. The van der Waals surface area contributed by atoms with E-state index in [2.05, 4.69) is 57.5 Å². The Bertz CT molecular complexity index is 2130. The van der Waals surface area contributed by atoms with Gasteiger partial charge in [0.25, 0.3) is 0 Å². The molecule has 0 spiro atoms. The monoisotopic (exact) mass is 1090 g/mol. The van der Waals surface area contributed by atoms with Crippen LogP contribution in [-0.2, 0) is 54.4 Å². The molecule has 1 unspecified atom stereocenters. The van der Waals surface area contributed by atoms with Gasteiger partial charge >= 0.3 is 11.9 Å². The van der Waals surface area contributed by atoms with E-state index in [-0.39, 0.29) is 81.7 Å². The zero-order valence-corrected chi connectivity index (χ0v) is 45.2. The second-order valence-electron chi connectivity index (χ2n) is 20.9. The summed E-state index contributed by atoms with van der Waals surface area (Å²) in [5, 5.41) is 40.8. The van der Waals surface area contributed by atoms with Crippen molar-refractivity contribution in [2.75, 3.05) is 13.1 Å². The van der Waals surface area contributed by atoms with Crippen molar-refractivity contribution in [3.05, 3.63) is 18.2 Å². The maximum Gasteiger partial charge on any atom is 0.326 e. The average molecular weight is 1090 g/mol. The van der Waals surface area contributed by atoms with Gasteiger partial charge in [-0.3, -0.25) is 48.1 Å². The third kappa shape index (κ3) is 24.8. The Morgan fingerprint density at radius 3 is 1.58 bits per heavy atom. The number of hydrogen-bond donors (Lipinski definition) is 14. The van der Waals surface area contributed by atoms with Gasteiger partial charge in [0.05, 0.1) is 12.7 Å². The van der Waals surface area contributed by atoms with Crippen molar-refractivity contribution in [1.82, 2.24) is 52.5 Å². The summed E-state index contributed by atoms with van der Waals surface area (Å²) in [7, 11) is 0. The molecule has 0 aromatic carbocycles. The Kier molecular flexibility index (Phi) is 28.5. The van der Waals surface area contributed by atoms with Gasteiger partial charge in [0.1, 0.15) is 48.3 Å². The lowest BCUT2D eigenvalue weighted by Gasteiger charge is -2.31. The number of aliphatic imine (C=N–C) groups is 1. The average Bonchev–Trinajstić information content (AvgIpc) is 3.89.